The van der Waals surface area contributed by atoms with Crippen molar-refractivity contribution < 1.29 is 14.3 Å². The van der Waals surface area contributed by atoms with Gasteiger partial charge in [-0.25, -0.2) is 0 Å². The first-order valence-electron chi connectivity index (χ1n) is 6.13. The van der Waals surface area contributed by atoms with E-state index in [-0.39, 0.29) is 5.91 Å². The van der Waals surface area contributed by atoms with Gasteiger partial charge in [-0.1, -0.05) is 11.6 Å². The number of ether oxygens (including phenoxy) is 2. The number of amides is 1. The molecule has 0 heterocycles. The van der Waals surface area contributed by atoms with Crippen molar-refractivity contribution in [2.45, 2.75) is 6.92 Å². The van der Waals surface area contributed by atoms with Crippen LogP contribution in [0.3, 0.4) is 0 Å². The molecular weight excluding hydrogens is 310 g/mol. The van der Waals surface area contributed by atoms with Crippen LogP contribution in [0, 0.1) is 6.92 Å². The fourth-order valence-electron chi connectivity index (χ4n) is 1.69. The van der Waals surface area contributed by atoms with Crippen LogP contribution in [0.5, 0.6) is 0 Å². The Morgan fingerprint density at radius 1 is 1.21 bits per heavy atom. The quantitative estimate of drug-likeness (QED) is 0.771. The minimum atomic E-state index is -0.00956. The van der Waals surface area contributed by atoms with Gasteiger partial charge in [0.15, 0.2) is 0 Å². The monoisotopic (exact) mass is 329 g/mol. The normalized spacial score (nSPS) is 10.5. The molecular formula is C14H20BrNO3. The van der Waals surface area contributed by atoms with Crippen LogP contribution in [0.1, 0.15) is 15.9 Å². The number of aryl methyl sites for hydroxylation is 1. The van der Waals surface area contributed by atoms with Gasteiger partial charge in [-0.3, -0.25) is 4.79 Å². The molecule has 0 bridgehead atoms. The van der Waals surface area contributed by atoms with Gasteiger partial charge in [-0.2, -0.15) is 0 Å². The Labute approximate surface area is 122 Å². The minimum Gasteiger partial charge on any atom is -0.383 e. The van der Waals surface area contributed by atoms with Crippen LogP contribution in [0.15, 0.2) is 22.7 Å². The molecule has 0 aliphatic heterocycles. The van der Waals surface area contributed by atoms with E-state index >= 15 is 0 Å². The molecule has 0 saturated carbocycles. The van der Waals surface area contributed by atoms with E-state index in [0.717, 1.165) is 10.0 Å². The van der Waals surface area contributed by atoms with E-state index in [9.17, 15) is 4.79 Å². The van der Waals surface area contributed by atoms with E-state index < -0.39 is 0 Å². The summed E-state index contributed by atoms with van der Waals surface area (Å²) in [6, 6.07) is 5.75. The maximum absolute atomic E-state index is 12.5. The van der Waals surface area contributed by atoms with Crippen molar-refractivity contribution in [1.29, 1.82) is 0 Å². The van der Waals surface area contributed by atoms with E-state index in [1.165, 1.54) is 0 Å². The van der Waals surface area contributed by atoms with Crippen LogP contribution < -0.4 is 0 Å². The molecule has 106 valence electrons. The van der Waals surface area contributed by atoms with Crippen LogP contribution in [-0.4, -0.2) is 51.3 Å². The highest BCUT2D eigenvalue weighted by Gasteiger charge is 2.17. The van der Waals surface area contributed by atoms with Crippen molar-refractivity contribution in [3.05, 3.63) is 33.8 Å². The van der Waals surface area contributed by atoms with Crippen LogP contribution in [0.25, 0.3) is 0 Å². The van der Waals surface area contributed by atoms with Crippen LogP contribution in [0.2, 0.25) is 0 Å². The van der Waals surface area contributed by atoms with Gasteiger partial charge < -0.3 is 14.4 Å². The first-order chi connectivity index (χ1) is 9.10. The molecule has 5 heteroatoms. The summed E-state index contributed by atoms with van der Waals surface area (Å²) in [7, 11) is 3.25. The second-order valence-corrected chi connectivity index (χ2v) is 5.12. The lowest BCUT2D eigenvalue weighted by Gasteiger charge is -2.22. The molecule has 1 aromatic rings. The third-order valence-corrected chi connectivity index (χ3v) is 3.46. The molecule has 0 aliphatic carbocycles. The molecule has 1 rings (SSSR count). The maximum Gasteiger partial charge on any atom is 0.255 e. The van der Waals surface area contributed by atoms with Crippen molar-refractivity contribution in [1.82, 2.24) is 4.90 Å². The summed E-state index contributed by atoms with van der Waals surface area (Å²) in [5, 5.41) is 0. The topological polar surface area (TPSA) is 38.8 Å². The third kappa shape index (κ3) is 4.93. The smallest absolute Gasteiger partial charge is 0.255 e. The summed E-state index contributed by atoms with van der Waals surface area (Å²) in [5.41, 5.74) is 1.73. The molecule has 0 radical (unpaired) electrons. The van der Waals surface area contributed by atoms with Crippen molar-refractivity contribution in [2.24, 2.45) is 0 Å². The van der Waals surface area contributed by atoms with E-state index in [0.29, 0.717) is 31.9 Å². The lowest BCUT2D eigenvalue weighted by molar-refractivity contribution is 0.0626. The number of methoxy groups -OCH3 is 2. The number of carbonyl (C=O) groups excluding carboxylic acids is 1. The van der Waals surface area contributed by atoms with Crippen molar-refractivity contribution in [3.8, 4) is 0 Å². The average Bonchev–Trinajstić information content (AvgIpc) is 2.41. The number of carbonyl (C=O) groups is 1. The lowest BCUT2D eigenvalue weighted by atomic mass is 10.1. The Hall–Kier alpha value is -0.910. The molecule has 0 atom stereocenters. The number of rotatable bonds is 7. The Balaban J connectivity index is 2.87. The van der Waals surface area contributed by atoms with Gasteiger partial charge in [0.05, 0.1) is 18.8 Å². The number of hydrogen-bond acceptors (Lipinski definition) is 3. The van der Waals surface area contributed by atoms with Gasteiger partial charge in [0.25, 0.3) is 5.91 Å². The summed E-state index contributed by atoms with van der Waals surface area (Å²) >= 11 is 3.43. The Morgan fingerprint density at radius 2 is 1.79 bits per heavy atom. The zero-order valence-corrected chi connectivity index (χ0v) is 13.2. The first kappa shape index (κ1) is 16.1. The summed E-state index contributed by atoms with van der Waals surface area (Å²) in [6.45, 7) is 4.10. The standard InChI is InChI=1S/C14H20BrNO3/c1-11-4-5-13(15)12(10-11)14(17)16(6-8-18-2)7-9-19-3/h4-5,10H,6-9H2,1-3H3. The highest BCUT2D eigenvalue weighted by Crippen LogP contribution is 2.20. The molecule has 0 fully saturated rings. The van der Waals surface area contributed by atoms with Crippen molar-refractivity contribution >= 4 is 21.8 Å². The minimum absolute atomic E-state index is 0.00956. The fraction of sp³-hybridized carbons (Fsp3) is 0.500. The zero-order chi connectivity index (χ0) is 14.3. The van der Waals surface area contributed by atoms with Crippen LogP contribution >= 0.6 is 15.9 Å². The van der Waals surface area contributed by atoms with Crippen LogP contribution in [0.4, 0.5) is 0 Å². The number of hydrogen-bond donors (Lipinski definition) is 0. The Kier molecular flexibility index (Phi) is 7.05. The van der Waals surface area contributed by atoms with Crippen LogP contribution in [-0.2, 0) is 9.47 Å². The average molecular weight is 330 g/mol. The molecule has 1 aromatic carbocycles. The van der Waals surface area contributed by atoms with Gasteiger partial charge in [0.2, 0.25) is 0 Å². The van der Waals surface area contributed by atoms with Gasteiger partial charge in [-0.15, -0.1) is 0 Å². The molecule has 1 amide bonds. The van der Waals surface area contributed by atoms with E-state index in [1.807, 2.05) is 25.1 Å². The van der Waals surface area contributed by atoms with Crippen molar-refractivity contribution in [3.63, 3.8) is 0 Å². The predicted octanol–water partition coefficient (Wildman–Crippen LogP) is 2.49. The Bertz CT molecular complexity index is 415. The van der Waals surface area contributed by atoms with E-state index in [2.05, 4.69) is 15.9 Å². The summed E-state index contributed by atoms with van der Waals surface area (Å²) in [5.74, 6) is -0.00956. The second kappa shape index (κ2) is 8.30. The molecule has 0 spiro atoms. The predicted molar refractivity (Wildman–Crippen MR) is 78.5 cm³/mol. The SMILES string of the molecule is COCCN(CCOC)C(=O)c1cc(C)ccc1Br. The summed E-state index contributed by atoms with van der Waals surface area (Å²) in [4.78, 5) is 14.3. The molecule has 0 aliphatic rings. The maximum atomic E-state index is 12.5. The zero-order valence-electron chi connectivity index (χ0n) is 11.6. The van der Waals surface area contributed by atoms with Gasteiger partial charge in [0, 0.05) is 31.8 Å². The largest absolute Gasteiger partial charge is 0.383 e. The van der Waals surface area contributed by atoms with Gasteiger partial charge >= 0.3 is 0 Å². The highest BCUT2D eigenvalue weighted by molar-refractivity contribution is 9.10. The summed E-state index contributed by atoms with van der Waals surface area (Å²) in [6.07, 6.45) is 0. The second-order valence-electron chi connectivity index (χ2n) is 4.26. The summed E-state index contributed by atoms with van der Waals surface area (Å²) < 4.78 is 10.9. The molecule has 0 aromatic heterocycles. The van der Waals surface area contributed by atoms with Crippen molar-refractivity contribution in [2.75, 3.05) is 40.5 Å². The van der Waals surface area contributed by atoms with Gasteiger partial charge in [0.1, 0.15) is 0 Å². The molecule has 4 nitrogen and oxygen atoms in total. The molecule has 19 heavy (non-hydrogen) atoms. The van der Waals surface area contributed by atoms with Gasteiger partial charge in [-0.05, 0) is 35.0 Å². The van der Waals surface area contributed by atoms with E-state index in [1.54, 1.807) is 19.1 Å². The molecule has 0 unspecified atom stereocenters. The lowest BCUT2D eigenvalue weighted by Crippen LogP contribution is -2.36. The first-order valence-corrected chi connectivity index (χ1v) is 6.92. The fourth-order valence-corrected chi connectivity index (χ4v) is 2.11. The number of halogens is 1. The number of nitrogens with zero attached hydrogens (tertiary/aromatic N) is 1. The third-order valence-electron chi connectivity index (χ3n) is 2.77. The molecule has 0 N–H and O–H groups in total. The highest BCUT2D eigenvalue weighted by atomic mass is 79.9. The molecule has 0 saturated heterocycles. The number of benzene rings is 1. The Morgan fingerprint density at radius 3 is 2.32 bits per heavy atom. The van der Waals surface area contributed by atoms with E-state index in [4.69, 9.17) is 9.47 Å².